The van der Waals surface area contributed by atoms with E-state index in [1.54, 1.807) is 0 Å². The summed E-state index contributed by atoms with van der Waals surface area (Å²) >= 11 is 37.7. The molecule has 0 amide bonds. The van der Waals surface area contributed by atoms with E-state index in [-0.39, 0.29) is 54.2 Å². The zero-order chi connectivity index (χ0) is 35.9. The molecule has 2 saturated carbocycles. The second-order valence-electron chi connectivity index (χ2n) is 13.8. The number of benzene rings is 2. The average Bonchev–Trinajstić information content (AvgIpc) is 3.84. The van der Waals surface area contributed by atoms with Gasteiger partial charge >= 0.3 is 23.9 Å². The minimum atomic E-state index is -1.64. The van der Waals surface area contributed by atoms with E-state index in [0.29, 0.717) is 23.7 Å². The van der Waals surface area contributed by atoms with Gasteiger partial charge in [0.1, 0.15) is 11.1 Å². The largest absolute Gasteiger partial charge is 0.461 e. The van der Waals surface area contributed by atoms with Crippen LogP contribution in [0.4, 0.5) is 0 Å². The molecule has 0 aliphatic heterocycles. The maximum atomic E-state index is 13.3. The molecule has 0 N–H and O–H groups in total. The molecular weight excluding hydrogens is 749 g/mol. The van der Waals surface area contributed by atoms with Gasteiger partial charge in [-0.25, -0.2) is 19.2 Å². The normalized spacial score (nSPS) is 22.8. The van der Waals surface area contributed by atoms with Crippen molar-refractivity contribution in [3.8, 4) is 11.5 Å². The van der Waals surface area contributed by atoms with Gasteiger partial charge in [0.25, 0.3) is 0 Å². The van der Waals surface area contributed by atoms with Crippen molar-refractivity contribution in [3.63, 3.8) is 0 Å². The van der Waals surface area contributed by atoms with Gasteiger partial charge in [0.2, 0.25) is 0 Å². The predicted octanol–water partition coefficient (Wildman–Crippen LogP) is 10.6. The highest BCUT2D eigenvalue weighted by atomic mass is 35.5. The monoisotopic (exact) mass is 782 g/mol. The molecule has 48 heavy (non-hydrogen) atoms. The Hall–Kier alpha value is -1.94. The minimum Gasteiger partial charge on any atom is -0.461 e. The first-order valence-electron chi connectivity index (χ1n) is 15.5. The first-order chi connectivity index (χ1) is 22.3. The first kappa shape index (κ1) is 38.9. The quantitative estimate of drug-likeness (QED) is 0.0907. The summed E-state index contributed by atoms with van der Waals surface area (Å²) in [5.41, 5.74) is -1.29. The number of carbonyl (C=O) groups is 4. The van der Waals surface area contributed by atoms with Crippen LogP contribution in [0, 0.1) is 34.5 Å². The Morgan fingerprint density at radius 1 is 0.646 bits per heavy atom. The van der Waals surface area contributed by atoms with Gasteiger partial charge in [0.15, 0.2) is 11.5 Å². The van der Waals surface area contributed by atoms with Crippen LogP contribution >= 0.6 is 69.6 Å². The van der Waals surface area contributed by atoms with Crippen LogP contribution in [0.3, 0.4) is 0 Å². The fourth-order valence-electron chi connectivity index (χ4n) is 6.37. The Labute approximate surface area is 309 Å². The molecule has 0 bridgehead atoms. The minimum absolute atomic E-state index is 0.0905. The smallest absolute Gasteiger partial charge is 0.423 e. The highest BCUT2D eigenvalue weighted by molar-refractivity contribution is 6.47. The number of rotatable bonds is 12. The lowest BCUT2D eigenvalue weighted by Crippen LogP contribution is -2.28. The lowest BCUT2D eigenvalue weighted by atomic mass is 9.93. The SMILES string of the molecule is CC(C)CC1(COC(=O)c2c(Cl)c(Cl)cc(Cl)c2OC(=O)C(=O)Oc2c(Cl)cc(Cl)c(Cl)c2C(=O)OCC2(CC(C)C)CC2C)CC1C. The van der Waals surface area contributed by atoms with Crippen LogP contribution in [-0.4, -0.2) is 37.1 Å². The van der Waals surface area contributed by atoms with Crippen molar-refractivity contribution >= 4 is 93.5 Å². The maximum Gasteiger partial charge on any atom is 0.423 e. The molecule has 2 aromatic rings. The Bertz CT molecular complexity index is 1520. The predicted molar refractivity (Wildman–Crippen MR) is 186 cm³/mol. The zero-order valence-corrected chi connectivity index (χ0v) is 31.8. The van der Waals surface area contributed by atoms with E-state index >= 15 is 0 Å². The van der Waals surface area contributed by atoms with Gasteiger partial charge in [0.05, 0.1) is 43.3 Å². The van der Waals surface area contributed by atoms with Gasteiger partial charge in [-0.1, -0.05) is 111 Å². The van der Waals surface area contributed by atoms with Gasteiger partial charge in [-0.3, -0.25) is 0 Å². The third-order valence-electron chi connectivity index (χ3n) is 9.02. The van der Waals surface area contributed by atoms with E-state index in [2.05, 4.69) is 41.5 Å². The van der Waals surface area contributed by atoms with Gasteiger partial charge < -0.3 is 18.9 Å². The van der Waals surface area contributed by atoms with Crippen LogP contribution in [0.2, 0.25) is 30.1 Å². The Kier molecular flexibility index (Phi) is 12.2. The van der Waals surface area contributed by atoms with E-state index in [1.165, 1.54) is 0 Å². The second-order valence-corrected chi connectivity index (χ2v) is 16.2. The molecule has 0 heterocycles. The van der Waals surface area contributed by atoms with E-state index in [1.807, 2.05) is 0 Å². The van der Waals surface area contributed by atoms with Crippen molar-refractivity contribution in [1.82, 2.24) is 0 Å². The maximum absolute atomic E-state index is 13.3. The van der Waals surface area contributed by atoms with Crippen LogP contribution in [0.5, 0.6) is 11.5 Å². The summed E-state index contributed by atoms with van der Waals surface area (Å²) < 4.78 is 21.7. The second kappa shape index (κ2) is 15.1. The standard InChI is InChI=1S/C34H36Cl6O8/c1-15(2)9-33(11-17(33)5)13-45-29(41)23-25(39)19(35)7-21(37)27(23)47-31(43)32(44)48-28-22(38)8-20(36)26(40)24(28)30(42)46-14-34(10-16(3)4)12-18(34)6/h7-8,15-18H,9-14H2,1-6H3. The molecule has 2 aromatic carbocycles. The Morgan fingerprint density at radius 2 is 0.958 bits per heavy atom. The van der Waals surface area contributed by atoms with Crippen molar-refractivity contribution in [2.45, 2.75) is 67.2 Å². The van der Waals surface area contributed by atoms with Crippen LogP contribution < -0.4 is 9.47 Å². The highest BCUT2D eigenvalue weighted by Crippen LogP contribution is 2.57. The fourth-order valence-corrected chi connectivity index (χ4v) is 7.81. The summed E-state index contributed by atoms with van der Waals surface area (Å²) in [7, 11) is 0. The topological polar surface area (TPSA) is 105 Å². The summed E-state index contributed by atoms with van der Waals surface area (Å²) in [6.07, 6.45) is 3.43. The van der Waals surface area contributed by atoms with Crippen molar-refractivity contribution < 1.29 is 38.1 Å². The zero-order valence-electron chi connectivity index (χ0n) is 27.2. The number of hydrogen-bond donors (Lipinski definition) is 0. The molecule has 2 aliphatic rings. The van der Waals surface area contributed by atoms with Gasteiger partial charge in [0, 0.05) is 10.8 Å². The Morgan fingerprint density at radius 3 is 1.23 bits per heavy atom. The number of halogens is 6. The van der Waals surface area contributed by atoms with Crippen molar-refractivity contribution in [1.29, 1.82) is 0 Å². The van der Waals surface area contributed by atoms with Crippen LogP contribution in [0.25, 0.3) is 0 Å². The molecule has 4 unspecified atom stereocenters. The van der Waals surface area contributed by atoms with Crippen LogP contribution in [-0.2, 0) is 19.1 Å². The van der Waals surface area contributed by atoms with Crippen molar-refractivity contribution in [3.05, 3.63) is 53.4 Å². The molecule has 2 fully saturated rings. The van der Waals surface area contributed by atoms with Gasteiger partial charge in [-0.15, -0.1) is 0 Å². The molecule has 262 valence electrons. The number of esters is 4. The third kappa shape index (κ3) is 8.50. The number of carbonyl (C=O) groups excluding carboxylic acids is 4. The van der Waals surface area contributed by atoms with Crippen LogP contribution in [0.1, 0.15) is 87.9 Å². The van der Waals surface area contributed by atoms with Crippen molar-refractivity contribution in [2.24, 2.45) is 34.5 Å². The number of hydrogen-bond acceptors (Lipinski definition) is 8. The van der Waals surface area contributed by atoms with Crippen LogP contribution in [0.15, 0.2) is 12.1 Å². The molecule has 2 aliphatic carbocycles. The summed E-state index contributed by atoms with van der Waals surface area (Å²) in [5.74, 6) is -4.92. The lowest BCUT2D eigenvalue weighted by molar-refractivity contribution is -0.156. The first-order valence-corrected chi connectivity index (χ1v) is 17.7. The average molecular weight is 785 g/mol. The Balaban J connectivity index is 1.55. The third-order valence-corrected chi connectivity index (χ3v) is 11.2. The molecule has 0 aromatic heterocycles. The fraction of sp³-hybridized carbons (Fsp3) is 0.529. The summed E-state index contributed by atoms with van der Waals surface area (Å²) in [5, 5.41) is -1.46. The lowest BCUT2D eigenvalue weighted by Gasteiger charge is -2.20. The van der Waals surface area contributed by atoms with E-state index in [0.717, 1.165) is 37.8 Å². The number of ether oxygens (including phenoxy) is 4. The molecule has 0 radical (unpaired) electrons. The van der Waals surface area contributed by atoms with Crippen molar-refractivity contribution in [2.75, 3.05) is 13.2 Å². The van der Waals surface area contributed by atoms with Gasteiger partial charge in [-0.05, 0) is 61.5 Å². The van der Waals surface area contributed by atoms with Gasteiger partial charge in [-0.2, -0.15) is 0 Å². The molecular formula is C34H36Cl6O8. The molecule has 8 nitrogen and oxygen atoms in total. The molecule has 0 saturated heterocycles. The molecule has 4 atom stereocenters. The van der Waals surface area contributed by atoms with E-state index in [4.69, 9.17) is 88.6 Å². The highest BCUT2D eigenvalue weighted by Gasteiger charge is 2.53. The molecule has 14 heteroatoms. The summed E-state index contributed by atoms with van der Waals surface area (Å²) in [4.78, 5) is 52.8. The molecule has 0 spiro atoms. The molecule has 4 rings (SSSR count). The summed E-state index contributed by atoms with van der Waals surface area (Å²) in [6.45, 7) is 12.6. The summed E-state index contributed by atoms with van der Waals surface area (Å²) in [6, 6.07) is 2.27. The van der Waals surface area contributed by atoms with E-state index in [9.17, 15) is 19.2 Å². The van der Waals surface area contributed by atoms with E-state index < -0.39 is 46.5 Å².